The van der Waals surface area contributed by atoms with Crippen molar-refractivity contribution in [3.63, 3.8) is 0 Å². The van der Waals surface area contributed by atoms with Gasteiger partial charge in [0.05, 0.1) is 0 Å². The molecule has 3 heteroatoms. The van der Waals surface area contributed by atoms with E-state index in [-0.39, 0.29) is 5.82 Å². The monoisotopic (exact) mass is 220 g/mol. The van der Waals surface area contributed by atoms with Crippen LogP contribution in [0.3, 0.4) is 0 Å². The summed E-state index contributed by atoms with van der Waals surface area (Å²) in [5.74, 6) is -0.917. The normalized spacial score (nSPS) is 16.9. The molecule has 1 aromatic rings. The molecular weight excluding hydrogens is 207 g/mol. The molecule has 0 spiro atoms. The highest BCUT2D eigenvalue weighted by atomic mass is 19.1. The lowest BCUT2D eigenvalue weighted by atomic mass is 9.77. The lowest BCUT2D eigenvalue weighted by Gasteiger charge is -2.28. The highest BCUT2D eigenvalue weighted by molar-refractivity contribution is 5.90. The van der Waals surface area contributed by atoms with Crippen molar-refractivity contribution >= 4 is 11.5 Å². The molecule has 2 rings (SSSR count). The summed E-state index contributed by atoms with van der Waals surface area (Å²) in [4.78, 5) is 10.7. The van der Waals surface area contributed by atoms with E-state index in [0.29, 0.717) is 5.92 Å². The Balaban J connectivity index is 2.31. The number of aliphatic carboxylic acids is 1. The van der Waals surface area contributed by atoms with Crippen LogP contribution in [-0.4, -0.2) is 11.1 Å². The molecule has 2 nitrogen and oxygen atoms in total. The summed E-state index contributed by atoms with van der Waals surface area (Å²) in [6, 6.07) is 6.01. The SMILES string of the molecule is O=C(O)/C=C(/c1ccc(F)cc1)C1CCC1. The zero-order valence-electron chi connectivity index (χ0n) is 8.82. The number of benzene rings is 1. The molecule has 1 aromatic carbocycles. The van der Waals surface area contributed by atoms with E-state index in [1.807, 2.05) is 0 Å². The molecule has 1 aliphatic rings. The van der Waals surface area contributed by atoms with Crippen LogP contribution in [0.15, 0.2) is 30.3 Å². The van der Waals surface area contributed by atoms with Gasteiger partial charge in [0.25, 0.3) is 0 Å². The quantitative estimate of drug-likeness (QED) is 0.795. The summed E-state index contributed by atoms with van der Waals surface area (Å²) in [7, 11) is 0. The molecular formula is C13H13FO2. The minimum Gasteiger partial charge on any atom is -0.478 e. The number of hydrogen-bond acceptors (Lipinski definition) is 1. The first-order valence-corrected chi connectivity index (χ1v) is 5.37. The third-order valence-corrected chi connectivity index (χ3v) is 3.00. The van der Waals surface area contributed by atoms with Gasteiger partial charge in [0.2, 0.25) is 0 Å². The highest BCUT2D eigenvalue weighted by Crippen LogP contribution is 2.38. The molecule has 0 saturated heterocycles. The van der Waals surface area contributed by atoms with E-state index in [1.54, 1.807) is 12.1 Å². The predicted octanol–water partition coefficient (Wildman–Crippen LogP) is 3.09. The first-order chi connectivity index (χ1) is 7.66. The fourth-order valence-corrected chi connectivity index (χ4v) is 1.93. The number of carboxylic acids is 1. The van der Waals surface area contributed by atoms with Crippen molar-refractivity contribution in [1.29, 1.82) is 0 Å². The number of hydrogen-bond donors (Lipinski definition) is 1. The van der Waals surface area contributed by atoms with Gasteiger partial charge in [-0.25, -0.2) is 9.18 Å². The first kappa shape index (κ1) is 10.9. The van der Waals surface area contributed by atoms with E-state index in [1.165, 1.54) is 18.2 Å². The molecule has 0 atom stereocenters. The standard InChI is InChI=1S/C13H13FO2/c14-11-6-4-10(5-7-11)12(8-13(15)16)9-2-1-3-9/h4-9H,1-3H2,(H,15,16)/b12-8+. The van der Waals surface area contributed by atoms with Crippen molar-refractivity contribution in [1.82, 2.24) is 0 Å². The Bertz CT molecular complexity index is 416. The largest absolute Gasteiger partial charge is 0.478 e. The van der Waals surface area contributed by atoms with E-state index in [2.05, 4.69) is 0 Å². The van der Waals surface area contributed by atoms with Gasteiger partial charge in [-0.2, -0.15) is 0 Å². The van der Waals surface area contributed by atoms with Gasteiger partial charge in [-0.3, -0.25) is 0 Å². The molecule has 1 N–H and O–H groups in total. The molecule has 1 saturated carbocycles. The van der Waals surface area contributed by atoms with Crippen LogP contribution in [0.25, 0.3) is 5.57 Å². The second-order valence-electron chi connectivity index (χ2n) is 4.07. The third kappa shape index (κ3) is 2.30. The second-order valence-corrected chi connectivity index (χ2v) is 4.07. The summed E-state index contributed by atoms with van der Waals surface area (Å²) in [5, 5.41) is 8.82. The molecule has 84 valence electrons. The van der Waals surface area contributed by atoms with Gasteiger partial charge in [0.1, 0.15) is 5.82 Å². The van der Waals surface area contributed by atoms with Crippen LogP contribution in [-0.2, 0) is 4.79 Å². The van der Waals surface area contributed by atoms with Crippen LogP contribution in [0.4, 0.5) is 4.39 Å². The number of halogens is 1. The summed E-state index contributed by atoms with van der Waals surface area (Å²) < 4.78 is 12.8. The Morgan fingerprint density at radius 3 is 2.38 bits per heavy atom. The maximum atomic E-state index is 12.8. The number of rotatable bonds is 3. The summed E-state index contributed by atoms with van der Waals surface area (Å²) in [5.41, 5.74) is 1.63. The maximum absolute atomic E-state index is 12.8. The van der Waals surface area contributed by atoms with Crippen LogP contribution in [0.1, 0.15) is 24.8 Å². The Kier molecular flexibility index (Phi) is 3.04. The van der Waals surface area contributed by atoms with Crippen molar-refractivity contribution in [2.24, 2.45) is 5.92 Å². The topological polar surface area (TPSA) is 37.3 Å². The zero-order valence-corrected chi connectivity index (χ0v) is 8.82. The number of carbonyl (C=O) groups is 1. The molecule has 0 unspecified atom stereocenters. The number of carboxylic acid groups (broad SMARTS) is 1. The molecule has 16 heavy (non-hydrogen) atoms. The Morgan fingerprint density at radius 1 is 1.31 bits per heavy atom. The molecule has 0 radical (unpaired) electrons. The van der Waals surface area contributed by atoms with Crippen LogP contribution in [0, 0.1) is 11.7 Å². The van der Waals surface area contributed by atoms with E-state index < -0.39 is 5.97 Å². The molecule has 0 aromatic heterocycles. The van der Waals surface area contributed by atoms with Crippen molar-refractivity contribution in [3.8, 4) is 0 Å². The Labute approximate surface area is 93.4 Å². The van der Waals surface area contributed by atoms with E-state index in [0.717, 1.165) is 30.4 Å². The van der Waals surface area contributed by atoms with Gasteiger partial charge in [-0.1, -0.05) is 18.6 Å². The lowest BCUT2D eigenvalue weighted by Crippen LogP contribution is -2.14. The first-order valence-electron chi connectivity index (χ1n) is 5.37. The highest BCUT2D eigenvalue weighted by Gasteiger charge is 2.23. The molecule has 0 bridgehead atoms. The Morgan fingerprint density at radius 2 is 1.94 bits per heavy atom. The van der Waals surface area contributed by atoms with Gasteiger partial charge < -0.3 is 5.11 Å². The van der Waals surface area contributed by atoms with Gasteiger partial charge >= 0.3 is 5.97 Å². The summed E-state index contributed by atoms with van der Waals surface area (Å²) in [6.07, 6.45) is 4.44. The van der Waals surface area contributed by atoms with Gasteiger partial charge in [0, 0.05) is 6.08 Å². The van der Waals surface area contributed by atoms with Crippen molar-refractivity contribution in [2.45, 2.75) is 19.3 Å². The van der Waals surface area contributed by atoms with Crippen molar-refractivity contribution in [3.05, 3.63) is 41.7 Å². The van der Waals surface area contributed by atoms with Crippen LogP contribution < -0.4 is 0 Å². The van der Waals surface area contributed by atoms with Crippen molar-refractivity contribution in [2.75, 3.05) is 0 Å². The summed E-state index contributed by atoms with van der Waals surface area (Å²) >= 11 is 0. The smallest absolute Gasteiger partial charge is 0.328 e. The average Bonchev–Trinajstić information content (AvgIpc) is 2.14. The maximum Gasteiger partial charge on any atom is 0.328 e. The van der Waals surface area contributed by atoms with Crippen LogP contribution in [0.5, 0.6) is 0 Å². The van der Waals surface area contributed by atoms with Crippen molar-refractivity contribution < 1.29 is 14.3 Å². The molecule has 0 amide bonds. The zero-order chi connectivity index (χ0) is 11.5. The van der Waals surface area contributed by atoms with E-state index in [9.17, 15) is 9.18 Å². The minimum absolute atomic E-state index is 0.299. The molecule has 1 aliphatic carbocycles. The molecule has 0 heterocycles. The fourth-order valence-electron chi connectivity index (χ4n) is 1.93. The second kappa shape index (κ2) is 4.47. The summed E-state index contributed by atoms with van der Waals surface area (Å²) in [6.45, 7) is 0. The van der Waals surface area contributed by atoms with E-state index >= 15 is 0 Å². The molecule has 0 aliphatic heterocycles. The fraction of sp³-hybridized carbons (Fsp3) is 0.308. The number of allylic oxidation sites excluding steroid dienone is 1. The van der Waals surface area contributed by atoms with Gasteiger partial charge in [0.15, 0.2) is 0 Å². The van der Waals surface area contributed by atoms with Gasteiger partial charge in [-0.05, 0) is 42.0 Å². The average molecular weight is 220 g/mol. The Hall–Kier alpha value is -1.64. The third-order valence-electron chi connectivity index (χ3n) is 3.00. The van der Waals surface area contributed by atoms with E-state index in [4.69, 9.17) is 5.11 Å². The van der Waals surface area contributed by atoms with Gasteiger partial charge in [-0.15, -0.1) is 0 Å². The lowest BCUT2D eigenvalue weighted by molar-refractivity contribution is -0.131. The van der Waals surface area contributed by atoms with Crippen LogP contribution >= 0.6 is 0 Å². The molecule has 1 fully saturated rings. The minimum atomic E-state index is -0.939. The predicted molar refractivity (Wildman–Crippen MR) is 59.4 cm³/mol. The van der Waals surface area contributed by atoms with Crippen LogP contribution in [0.2, 0.25) is 0 Å².